The number of rotatable bonds is 68. The number of primary amides is 3. The van der Waals surface area contributed by atoms with Gasteiger partial charge in [0.1, 0.15) is 17.3 Å². The Balaban J connectivity index is -0.00000192. The lowest BCUT2D eigenvalue weighted by Gasteiger charge is -2.27. The zero-order chi connectivity index (χ0) is 107. The predicted molar refractivity (Wildman–Crippen MR) is 532 cm³/mol. The molecule has 0 bridgehead atoms. The average Bonchev–Trinajstić information content (AvgIpc) is 1.37. The van der Waals surface area contributed by atoms with Crippen LogP contribution >= 0.6 is 0 Å². The highest BCUT2D eigenvalue weighted by atomic mass is 16.6. The number of urea groups is 3. The highest BCUT2D eigenvalue weighted by molar-refractivity contribution is 6.04. The fourth-order valence-corrected chi connectivity index (χ4v) is 13.8. The summed E-state index contributed by atoms with van der Waals surface area (Å²) in [5.41, 5.74) is 14.6. The molecule has 3 heterocycles. The summed E-state index contributed by atoms with van der Waals surface area (Å²) in [4.78, 5) is 245. The minimum Gasteiger partial charge on any atom is -0.379 e. The third kappa shape index (κ3) is 70.1. The van der Waals surface area contributed by atoms with Gasteiger partial charge < -0.3 is 88.2 Å². The van der Waals surface area contributed by atoms with Crippen LogP contribution in [0.4, 0.5) is 14.4 Å². The van der Waals surface area contributed by atoms with E-state index in [2.05, 4.69) is 105 Å². The molecule has 40 nitrogen and oxygen atoms in total. The molecular weight excluding hydrogens is 1810 g/mol. The molecule has 140 heavy (non-hydrogen) atoms. The number of nitrogens with one attached hydrogen (secondary N) is 8. The molecular formula is C100H180N14O26. The van der Waals surface area contributed by atoms with Crippen molar-refractivity contribution in [2.45, 2.75) is 318 Å². The van der Waals surface area contributed by atoms with Crippen molar-refractivity contribution in [3.8, 4) is 0 Å². The second-order valence-corrected chi connectivity index (χ2v) is 39.7. The molecule has 0 radical (unpaired) electrons. The number of nitrogens with two attached hydrogens (primary N) is 3. The van der Waals surface area contributed by atoms with Crippen molar-refractivity contribution >= 4 is 118 Å². The Bertz CT molecular complexity index is 3670. The first-order valence-electron chi connectivity index (χ1n) is 50.3. The predicted octanol–water partition coefficient (Wildman–Crippen LogP) is 8.41. The molecule has 0 spiro atoms. The lowest BCUT2D eigenvalue weighted by Crippen LogP contribution is -2.46. The zero-order valence-electron chi connectivity index (χ0n) is 88.7. The lowest BCUT2D eigenvalue weighted by molar-refractivity contribution is -0.140. The van der Waals surface area contributed by atoms with E-state index in [4.69, 9.17) is 45.6 Å². The number of unbranched alkanes of at least 4 members (excludes halogenated alkanes) is 2. The second-order valence-electron chi connectivity index (χ2n) is 39.7. The molecule has 6 atom stereocenters. The molecule has 0 aromatic rings. The van der Waals surface area contributed by atoms with E-state index in [1.807, 2.05) is 41.5 Å². The van der Waals surface area contributed by atoms with Gasteiger partial charge in [0.2, 0.25) is 65.0 Å². The van der Waals surface area contributed by atoms with Gasteiger partial charge >= 0.3 is 18.1 Å². The molecule has 17 amide bonds. The average molecular weight is 1990 g/mol. The third-order valence-electron chi connectivity index (χ3n) is 20.9. The minimum atomic E-state index is -0.742. The van der Waals surface area contributed by atoms with Crippen molar-refractivity contribution in [3.63, 3.8) is 0 Å². The summed E-state index contributed by atoms with van der Waals surface area (Å²) in [5.74, 6) is -3.38. The van der Waals surface area contributed by atoms with E-state index in [1.165, 1.54) is 4.90 Å². The summed E-state index contributed by atoms with van der Waals surface area (Å²) in [7, 11) is 0. The highest BCUT2D eigenvalue weighted by Gasteiger charge is 2.37. The summed E-state index contributed by atoms with van der Waals surface area (Å²) in [6.07, 6.45) is 6.57. The molecule has 3 fully saturated rings. The van der Waals surface area contributed by atoms with E-state index in [0.717, 1.165) is 27.6 Å². The Labute approximate surface area is 832 Å². The number of amides is 17. The zero-order valence-corrected chi connectivity index (χ0v) is 88.7. The van der Waals surface area contributed by atoms with E-state index in [0.29, 0.717) is 130 Å². The van der Waals surface area contributed by atoms with Crippen LogP contribution in [-0.4, -0.2) is 282 Å². The fourth-order valence-electron chi connectivity index (χ4n) is 13.8. The Morgan fingerprint density at radius 2 is 0.543 bits per heavy atom. The quantitative estimate of drug-likeness (QED) is 0.0201. The first kappa shape index (κ1) is 134. The molecule has 0 saturated carbocycles. The van der Waals surface area contributed by atoms with Gasteiger partial charge in [0, 0.05) is 177 Å². The molecule has 3 aliphatic rings. The first-order chi connectivity index (χ1) is 65.6. The van der Waals surface area contributed by atoms with Gasteiger partial charge in [0.05, 0.1) is 97.4 Å². The molecule has 0 aromatic heterocycles. The van der Waals surface area contributed by atoms with Crippen LogP contribution < -0.4 is 59.7 Å². The maximum absolute atomic E-state index is 13.2. The number of ketones is 6. The summed E-state index contributed by atoms with van der Waals surface area (Å²) in [6.45, 7) is 48.4. The van der Waals surface area contributed by atoms with E-state index in [1.54, 1.807) is 48.5 Å². The number of ether oxygens (including phenoxy) is 6. The standard InChI is InChI=1S/C34H59N5O11.C29H49N5O9.C25H42N4O6.3C4H10/c1-24(2)31(26(40)23-25(32(45)34(3,4)5)7-6-12-37-33(35)46)38-28(42)11-15-47-17-19-49-21-22-50-20-18-48-16-13-36-27(41)10-14-39-29(43)8-9-30(39)44;1-19(2)27(22(35)18-21(28(40)20(3)4)6-5-11-32-29(30)41)33-24(37)10-14-42-16-17-43-15-12-31-23(36)9-13-34-25(38)7-8-26(34)39;1-16(2)23(19(30)15-18(24(34)17(3)4)9-8-13-27-25(26)35)28-20(31)10-6-5-7-14-29-21(32)11-12-22(29)33;3*1-4(2)3/h24-25,31H,6-23H2,1-5H3,(H,36,41)(H,38,42)(H3,35,37,46);19-21,27H,5-18H2,1-4H3,(H,31,36)(H,33,37)(H3,30,32,41);16-18,23H,5-15H2,1-4H3,(H,28,31)(H3,26,27,35);3*4H,1-3H3/t25-,31+;21-,27+;18-,23+;;;/m111.../s1. The van der Waals surface area contributed by atoms with Gasteiger partial charge in [-0.1, -0.05) is 159 Å². The van der Waals surface area contributed by atoms with Crippen molar-refractivity contribution in [3.05, 3.63) is 0 Å². The third-order valence-corrected chi connectivity index (χ3v) is 20.9. The van der Waals surface area contributed by atoms with E-state index in [-0.39, 0.29) is 278 Å². The van der Waals surface area contributed by atoms with Crippen molar-refractivity contribution < 1.29 is 124 Å². The number of hydrogen-bond acceptors (Lipinski definition) is 26. The smallest absolute Gasteiger partial charge is 0.312 e. The summed E-state index contributed by atoms with van der Waals surface area (Å²) in [5, 5.41) is 21.2. The SMILES string of the molecule is CC(C)C.CC(C)C.CC(C)C.CC(C)C(=O)[C@H](CCCNC(N)=O)CC(=O)[C@@H](NC(=O)CCCCCN1C(=O)CCC1=O)C(C)C.CC(C)C(=O)[C@H](CCCNC(N)=O)CC(=O)[C@@H](NC(=O)CCOCCOCCNC(=O)CCN1C(=O)CCC1=O)C(C)C.CC(C)[C@H](NC(=O)CCOCCOCCOCCOCCNC(=O)CCN1C(=O)CCC1=O)C(=O)C[C@@H](CCCNC(N)=O)C(=O)C(C)(C)C. The topological polar surface area (TPSA) is 581 Å². The highest BCUT2D eigenvalue weighted by Crippen LogP contribution is 2.28. The maximum Gasteiger partial charge on any atom is 0.312 e. The molecule has 0 aromatic carbocycles. The van der Waals surface area contributed by atoms with Gasteiger partial charge in [-0.3, -0.25) is 96.2 Å². The lowest BCUT2D eigenvalue weighted by atomic mass is 9.78. The number of hydrogen-bond donors (Lipinski definition) is 11. The van der Waals surface area contributed by atoms with Crippen LogP contribution in [0.1, 0.15) is 300 Å². The van der Waals surface area contributed by atoms with Gasteiger partial charge in [0.25, 0.3) is 0 Å². The van der Waals surface area contributed by atoms with E-state index < -0.39 is 59.4 Å². The fraction of sp³-hybridized carbons (Fsp3) is 0.800. The molecule has 0 aliphatic carbocycles. The number of carbonyl (C=O) groups is 20. The van der Waals surface area contributed by atoms with E-state index >= 15 is 0 Å². The Morgan fingerprint density at radius 3 is 0.807 bits per heavy atom. The molecule has 14 N–H and O–H groups in total. The van der Waals surface area contributed by atoms with Gasteiger partial charge in [0.15, 0.2) is 17.3 Å². The molecule has 40 heteroatoms. The molecule has 3 aliphatic heterocycles. The Kier molecular flexibility index (Phi) is 75.8. The van der Waals surface area contributed by atoms with Gasteiger partial charge in [-0.15, -0.1) is 0 Å². The van der Waals surface area contributed by atoms with E-state index in [9.17, 15) is 95.9 Å². The van der Waals surface area contributed by atoms with Crippen molar-refractivity contribution in [1.82, 2.24) is 57.2 Å². The Hall–Kier alpha value is -9.64. The largest absolute Gasteiger partial charge is 0.379 e. The number of Topliss-reactive ketones (excluding diaryl/α,β-unsaturated/α-hetero) is 6. The molecule has 3 saturated heterocycles. The van der Waals surface area contributed by atoms with Crippen molar-refractivity contribution in [2.75, 3.05) is 132 Å². The Morgan fingerprint density at radius 1 is 0.293 bits per heavy atom. The molecule has 806 valence electrons. The van der Waals surface area contributed by atoms with Gasteiger partial charge in [-0.25, -0.2) is 14.4 Å². The number of imide groups is 3. The second kappa shape index (κ2) is 78.9. The molecule has 3 rings (SSSR count). The monoisotopic (exact) mass is 1990 g/mol. The van der Waals surface area contributed by atoms with Crippen LogP contribution in [0.25, 0.3) is 0 Å². The van der Waals surface area contributed by atoms with Crippen LogP contribution in [0, 0.1) is 70.5 Å². The van der Waals surface area contributed by atoms with Crippen molar-refractivity contribution in [1.29, 1.82) is 0 Å². The number of nitrogens with zero attached hydrogens (tertiary/aromatic N) is 3. The number of carbonyl (C=O) groups excluding carboxylic acids is 20. The van der Waals surface area contributed by atoms with Crippen LogP contribution in [0.5, 0.6) is 0 Å². The normalized spacial score (nSPS) is 14.3. The van der Waals surface area contributed by atoms with Gasteiger partial charge in [-0.2, -0.15) is 0 Å². The summed E-state index contributed by atoms with van der Waals surface area (Å²) < 4.78 is 32.6. The van der Waals surface area contributed by atoms with Crippen LogP contribution in [0.2, 0.25) is 0 Å². The maximum atomic E-state index is 13.2. The summed E-state index contributed by atoms with van der Waals surface area (Å²) in [6, 6.07) is -4.09. The molecule has 0 unspecified atom stereocenters. The van der Waals surface area contributed by atoms with Crippen LogP contribution in [0.15, 0.2) is 0 Å². The first-order valence-corrected chi connectivity index (χ1v) is 50.3. The minimum absolute atomic E-state index is 0.00278. The van der Waals surface area contributed by atoms with Gasteiger partial charge in [-0.05, 0) is 86.9 Å². The number of likely N-dealkylation sites (tertiary alicyclic amines) is 3. The van der Waals surface area contributed by atoms with Crippen LogP contribution in [-0.2, 0) is 110 Å². The summed E-state index contributed by atoms with van der Waals surface area (Å²) >= 11 is 0. The van der Waals surface area contributed by atoms with Crippen LogP contribution in [0.3, 0.4) is 0 Å². The van der Waals surface area contributed by atoms with Crippen molar-refractivity contribution in [2.24, 2.45) is 87.7 Å².